The van der Waals surface area contributed by atoms with Gasteiger partial charge in [-0.2, -0.15) is 0 Å². The molecular weight excluding hydrogens is 390 g/mol. The second kappa shape index (κ2) is 8.61. The van der Waals surface area contributed by atoms with Crippen LogP contribution in [0.2, 0.25) is 0 Å². The lowest BCUT2D eigenvalue weighted by atomic mass is 10.2. The number of nitrogens with one attached hydrogen (secondary N) is 2. The van der Waals surface area contributed by atoms with Crippen molar-refractivity contribution in [2.24, 2.45) is 5.14 Å². The predicted octanol–water partition coefficient (Wildman–Crippen LogP) is 1.66. The van der Waals surface area contributed by atoms with E-state index < -0.39 is 26.0 Å². The van der Waals surface area contributed by atoms with Crippen molar-refractivity contribution in [2.75, 3.05) is 11.9 Å². The van der Waals surface area contributed by atoms with Gasteiger partial charge < -0.3 is 5.32 Å². The summed E-state index contributed by atoms with van der Waals surface area (Å²) >= 11 is 0. The molecule has 4 N–H and O–H groups in total. The van der Waals surface area contributed by atoms with E-state index in [-0.39, 0.29) is 15.4 Å². The third-order valence-electron chi connectivity index (χ3n) is 3.67. The molecule has 27 heavy (non-hydrogen) atoms. The number of carbonyl (C=O) groups excluding carboxylic acids is 1. The van der Waals surface area contributed by atoms with Gasteiger partial charge in [-0.1, -0.05) is 19.4 Å². The molecule has 1 amide bonds. The molecule has 146 valence electrons. The van der Waals surface area contributed by atoms with Gasteiger partial charge in [0.15, 0.2) is 0 Å². The number of sulfonamides is 2. The molecule has 0 bridgehead atoms. The fourth-order valence-electron chi connectivity index (χ4n) is 2.20. The summed E-state index contributed by atoms with van der Waals surface area (Å²) in [5.74, 6) is -0.524. The van der Waals surface area contributed by atoms with E-state index in [1.54, 1.807) is 0 Å². The van der Waals surface area contributed by atoms with Crippen molar-refractivity contribution in [3.63, 3.8) is 0 Å². The molecule has 0 atom stereocenters. The molecule has 0 saturated heterocycles. The number of anilines is 1. The molecule has 2 aromatic rings. The highest BCUT2D eigenvalue weighted by molar-refractivity contribution is 7.89. The van der Waals surface area contributed by atoms with Gasteiger partial charge in [-0.15, -0.1) is 0 Å². The number of unbranched alkanes of at least 4 members (excludes halogenated alkanes) is 1. The van der Waals surface area contributed by atoms with Crippen LogP contribution in [0.5, 0.6) is 0 Å². The number of benzene rings is 2. The van der Waals surface area contributed by atoms with E-state index >= 15 is 0 Å². The smallest absolute Gasteiger partial charge is 0.255 e. The fourth-order valence-corrected chi connectivity index (χ4v) is 3.84. The summed E-state index contributed by atoms with van der Waals surface area (Å²) in [6.07, 6.45) is 1.57. The normalized spacial score (nSPS) is 11.9. The van der Waals surface area contributed by atoms with E-state index in [4.69, 9.17) is 5.14 Å². The predicted molar refractivity (Wildman–Crippen MR) is 102 cm³/mol. The summed E-state index contributed by atoms with van der Waals surface area (Å²) in [7, 11) is -7.51. The van der Waals surface area contributed by atoms with Crippen LogP contribution in [0, 0.1) is 0 Å². The Morgan fingerprint density at radius 3 is 2.26 bits per heavy atom. The van der Waals surface area contributed by atoms with Gasteiger partial charge in [0.25, 0.3) is 5.91 Å². The van der Waals surface area contributed by atoms with Crippen molar-refractivity contribution in [3.05, 3.63) is 54.1 Å². The second-order valence-corrected chi connectivity index (χ2v) is 9.13. The molecule has 0 unspecified atom stereocenters. The van der Waals surface area contributed by atoms with Crippen LogP contribution in [0.25, 0.3) is 0 Å². The highest BCUT2D eigenvalue weighted by Crippen LogP contribution is 2.16. The molecule has 2 aromatic carbocycles. The molecule has 0 saturated carbocycles. The average Bonchev–Trinajstić information content (AvgIpc) is 2.61. The summed E-state index contributed by atoms with van der Waals surface area (Å²) in [6.45, 7) is 2.28. The van der Waals surface area contributed by atoms with E-state index in [0.717, 1.165) is 6.42 Å². The zero-order chi connectivity index (χ0) is 20.1. The summed E-state index contributed by atoms with van der Waals surface area (Å²) < 4.78 is 49.5. The van der Waals surface area contributed by atoms with Crippen LogP contribution in [-0.4, -0.2) is 29.3 Å². The van der Waals surface area contributed by atoms with Gasteiger partial charge in [0.2, 0.25) is 20.0 Å². The Bertz CT molecular complexity index is 1020. The van der Waals surface area contributed by atoms with E-state index in [9.17, 15) is 21.6 Å². The molecule has 8 nitrogen and oxygen atoms in total. The van der Waals surface area contributed by atoms with Crippen LogP contribution in [0.3, 0.4) is 0 Å². The van der Waals surface area contributed by atoms with Crippen molar-refractivity contribution in [1.82, 2.24) is 4.72 Å². The van der Waals surface area contributed by atoms with E-state index in [0.29, 0.717) is 18.7 Å². The van der Waals surface area contributed by atoms with Gasteiger partial charge in [0.05, 0.1) is 9.79 Å². The first-order valence-corrected chi connectivity index (χ1v) is 11.2. The highest BCUT2D eigenvalue weighted by Gasteiger charge is 2.16. The minimum atomic E-state index is -3.82. The van der Waals surface area contributed by atoms with Gasteiger partial charge >= 0.3 is 0 Å². The van der Waals surface area contributed by atoms with Gasteiger partial charge in [0.1, 0.15) is 0 Å². The topological polar surface area (TPSA) is 135 Å². The Labute approximate surface area is 158 Å². The third kappa shape index (κ3) is 5.86. The van der Waals surface area contributed by atoms with E-state index in [1.165, 1.54) is 48.5 Å². The highest BCUT2D eigenvalue weighted by atomic mass is 32.2. The van der Waals surface area contributed by atoms with Gasteiger partial charge in [-0.05, 0) is 48.9 Å². The van der Waals surface area contributed by atoms with Crippen LogP contribution >= 0.6 is 0 Å². The standard InChI is InChI=1S/C17H21N3O5S2/c1-2-3-11-19-27(24,25)16-6-4-5-13(12-16)17(21)20-14-7-9-15(10-8-14)26(18,22)23/h4-10,12,19H,2-3,11H2,1H3,(H,20,21)(H2,18,22,23). The Morgan fingerprint density at radius 1 is 1.00 bits per heavy atom. The molecule has 0 aliphatic carbocycles. The Balaban J connectivity index is 2.15. The molecule has 0 fully saturated rings. The van der Waals surface area contributed by atoms with Gasteiger partial charge in [0, 0.05) is 17.8 Å². The molecule has 0 radical (unpaired) electrons. The number of nitrogens with two attached hydrogens (primary N) is 1. The average molecular weight is 412 g/mol. The van der Waals surface area contributed by atoms with E-state index in [1.807, 2.05) is 6.92 Å². The third-order valence-corrected chi connectivity index (χ3v) is 6.06. The zero-order valence-electron chi connectivity index (χ0n) is 14.7. The molecule has 0 spiro atoms. The van der Waals surface area contributed by atoms with Crippen molar-refractivity contribution >= 4 is 31.6 Å². The fraction of sp³-hybridized carbons (Fsp3) is 0.235. The molecule has 10 heteroatoms. The van der Waals surface area contributed by atoms with Crippen LogP contribution < -0.4 is 15.2 Å². The Kier molecular flexibility index (Phi) is 6.71. The number of amides is 1. The molecule has 0 heterocycles. The minimum Gasteiger partial charge on any atom is -0.322 e. The molecule has 0 aliphatic rings. The Hall–Kier alpha value is -2.27. The Morgan fingerprint density at radius 2 is 1.67 bits per heavy atom. The van der Waals surface area contributed by atoms with Crippen molar-refractivity contribution in [2.45, 2.75) is 29.6 Å². The number of hydrogen-bond donors (Lipinski definition) is 3. The van der Waals surface area contributed by atoms with Crippen LogP contribution in [0.4, 0.5) is 5.69 Å². The summed E-state index contributed by atoms with van der Waals surface area (Å²) in [6, 6.07) is 11.0. The molecule has 0 aliphatic heterocycles. The first-order valence-electron chi connectivity index (χ1n) is 8.17. The van der Waals surface area contributed by atoms with Gasteiger partial charge in [-0.3, -0.25) is 4.79 Å². The maximum absolute atomic E-state index is 12.4. The monoisotopic (exact) mass is 411 g/mol. The number of primary sulfonamides is 1. The van der Waals surface area contributed by atoms with Gasteiger partial charge in [-0.25, -0.2) is 26.7 Å². The number of rotatable bonds is 8. The summed E-state index contributed by atoms with van der Waals surface area (Å²) in [5.41, 5.74) is 0.505. The summed E-state index contributed by atoms with van der Waals surface area (Å²) in [4.78, 5) is 12.3. The van der Waals surface area contributed by atoms with Crippen molar-refractivity contribution in [3.8, 4) is 0 Å². The van der Waals surface area contributed by atoms with Crippen LogP contribution in [0.15, 0.2) is 58.3 Å². The molecular formula is C17H21N3O5S2. The van der Waals surface area contributed by atoms with Crippen LogP contribution in [-0.2, 0) is 20.0 Å². The summed E-state index contributed by atoms with van der Waals surface area (Å²) in [5, 5.41) is 7.60. The zero-order valence-corrected chi connectivity index (χ0v) is 16.3. The molecule has 2 rings (SSSR count). The quantitative estimate of drug-likeness (QED) is 0.568. The lowest BCUT2D eigenvalue weighted by Crippen LogP contribution is -2.25. The first kappa shape index (κ1) is 21.0. The van der Waals surface area contributed by atoms with Crippen LogP contribution in [0.1, 0.15) is 30.1 Å². The second-order valence-electron chi connectivity index (χ2n) is 5.80. The van der Waals surface area contributed by atoms with E-state index in [2.05, 4.69) is 10.0 Å². The maximum Gasteiger partial charge on any atom is 0.255 e. The lowest BCUT2D eigenvalue weighted by Gasteiger charge is -2.09. The SMILES string of the molecule is CCCCNS(=O)(=O)c1cccc(C(=O)Nc2ccc(S(N)(=O)=O)cc2)c1. The number of hydrogen-bond acceptors (Lipinski definition) is 5. The minimum absolute atomic E-state index is 0.00386. The van der Waals surface area contributed by atoms with Crippen molar-refractivity contribution in [1.29, 1.82) is 0 Å². The maximum atomic E-state index is 12.4. The van der Waals surface area contributed by atoms with Crippen molar-refractivity contribution < 1.29 is 21.6 Å². The molecule has 0 aromatic heterocycles. The largest absolute Gasteiger partial charge is 0.322 e. The number of carbonyl (C=O) groups is 1. The first-order chi connectivity index (χ1) is 12.6. The lowest BCUT2D eigenvalue weighted by molar-refractivity contribution is 0.102.